The Balaban J connectivity index is 3.44. The van der Waals surface area contributed by atoms with Gasteiger partial charge in [-0.25, -0.2) is 0 Å². The second-order valence-electron chi connectivity index (χ2n) is 5.93. The maximum absolute atomic E-state index is 12.0. The quantitative estimate of drug-likeness (QED) is 0.138. The van der Waals surface area contributed by atoms with Crippen LogP contribution in [0.25, 0.3) is 0 Å². The second-order valence-corrected chi connectivity index (χ2v) is 7.53. The van der Waals surface area contributed by atoms with Crippen LogP contribution in [0.5, 0.6) is 0 Å². The third-order valence-electron chi connectivity index (χ3n) is 3.57. The Morgan fingerprint density at radius 2 is 1.27 bits per heavy atom. The van der Waals surface area contributed by atoms with Gasteiger partial charge in [0.25, 0.3) is 0 Å². The molecule has 0 aromatic carbocycles. The highest BCUT2D eigenvalue weighted by Crippen LogP contribution is 2.24. The lowest BCUT2D eigenvalue weighted by Gasteiger charge is -2.07. The van der Waals surface area contributed by atoms with Crippen molar-refractivity contribution in [2.24, 2.45) is 0 Å². The number of unbranched alkanes of at least 4 members (excludes halogenated alkanes) is 6. The molecule has 0 amide bonds. The highest BCUT2D eigenvalue weighted by atomic mass is 32.2. The van der Waals surface area contributed by atoms with Crippen LogP contribution in [0.4, 0.5) is 13.2 Å². The first-order chi connectivity index (χ1) is 12.3. The minimum Gasteiger partial charge on any atom is -0.263 e. The smallest absolute Gasteiger partial charge is 0.263 e. The molecular formula is C19H31F3O3S. The van der Waals surface area contributed by atoms with E-state index < -0.39 is 22.2 Å². The summed E-state index contributed by atoms with van der Waals surface area (Å²) in [4.78, 5) is 0. The summed E-state index contributed by atoms with van der Waals surface area (Å²) in [5, 5.41) is 0. The SMILES string of the molecule is CC/C=C\C/C=C\C/C=C/CCCCCCCCOS(=O)(=O)C(F)(F)F. The Morgan fingerprint density at radius 3 is 1.85 bits per heavy atom. The van der Waals surface area contributed by atoms with Gasteiger partial charge in [0.2, 0.25) is 0 Å². The molecule has 26 heavy (non-hydrogen) atoms. The fourth-order valence-electron chi connectivity index (χ4n) is 2.13. The minimum atomic E-state index is -5.43. The van der Waals surface area contributed by atoms with Gasteiger partial charge in [-0.05, 0) is 38.5 Å². The molecule has 0 aliphatic rings. The van der Waals surface area contributed by atoms with E-state index in [1.54, 1.807) is 0 Å². The number of allylic oxidation sites excluding steroid dienone is 6. The van der Waals surface area contributed by atoms with Gasteiger partial charge in [-0.15, -0.1) is 0 Å². The summed E-state index contributed by atoms with van der Waals surface area (Å²) < 4.78 is 61.3. The van der Waals surface area contributed by atoms with Crippen molar-refractivity contribution in [1.29, 1.82) is 0 Å². The lowest BCUT2D eigenvalue weighted by molar-refractivity contribution is -0.0542. The van der Waals surface area contributed by atoms with Crippen LogP contribution in [-0.2, 0) is 14.3 Å². The molecule has 0 fully saturated rings. The zero-order valence-electron chi connectivity index (χ0n) is 15.5. The Morgan fingerprint density at radius 1 is 0.769 bits per heavy atom. The number of hydrogen-bond donors (Lipinski definition) is 0. The van der Waals surface area contributed by atoms with Crippen molar-refractivity contribution >= 4 is 10.1 Å². The molecule has 0 N–H and O–H groups in total. The van der Waals surface area contributed by atoms with Crippen LogP contribution in [-0.4, -0.2) is 20.5 Å². The number of halogens is 3. The topological polar surface area (TPSA) is 43.4 Å². The lowest BCUT2D eigenvalue weighted by atomic mass is 10.1. The Hall–Kier alpha value is -1.08. The van der Waals surface area contributed by atoms with E-state index in [4.69, 9.17) is 0 Å². The minimum absolute atomic E-state index is 0.314. The van der Waals surface area contributed by atoms with E-state index in [1.807, 2.05) is 0 Å². The molecule has 7 heteroatoms. The average Bonchev–Trinajstić information content (AvgIpc) is 2.56. The van der Waals surface area contributed by atoms with Crippen molar-refractivity contribution in [1.82, 2.24) is 0 Å². The van der Waals surface area contributed by atoms with Gasteiger partial charge in [0.1, 0.15) is 0 Å². The monoisotopic (exact) mass is 396 g/mol. The standard InChI is InChI=1S/C19H31F3O3S/c1-2-3-4-5-6-7-8-9-10-11-12-13-14-15-16-17-18-25-26(23,24)19(20,21)22/h3-4,6-7,9-10H,2,5,8,11-18H2,1H3/b4-3-,7-6-,10-9+. The molecule has 0 rings (SSSR count). The molecule has 0 radical (unpaired) electrons. The molecule has 0 unspecified atom stereocenters. The molecule has 0 saturated carbocycles. The van der Waals surface area contributed by atoms with E-state index in [-0.39, 0.29) is 0 Å². The van der Waals surface area contributed by atoms with Gasteiger partial charge in [0.15, 0.2) is 0 Å². The van der Waals surface area contributed by atoms with Crippen LogP contribution in [0.15, 0.2) is 36.5 Å². The first-order valence-electron chi connectivity index (χ1n) is 9.22. The summed E-state index contributed by atoms with van der Waals surface area (Å²) in [7, 11) is -5.43. The van der Waals surface area contributed by atoms with E-state index in [9.17, 15) is 21.6 Å². The third kappa shape index (κ3) is 14.1. The van der Waals surface area contributed by atoms with Gasteiger partial charge in [0.05, 0.1) is 6.61 Å². The van der Waals surface area contributed by atoms with Gasteiger partial charge in [-0.1, -0.05) is 69.1 Å². The van der Waals surface area contributed by atoms with E-state index in [0.29, 0.717) is 12.8 Å². The number of alkyl halides is 3. The van der Waals surface area contributed by atoms with E-state index >= 15 is 0 Å². The maximum atomic E-state index is 12.0. The van der Waals surface area contributed by atoms with Crippen LogP contribution >= 0.6 is 0 Å². The Bertz CT molecular complexity index is 521. The van der Waals surface area contributed by atoms with Crippen molar-refractivity contribution in [3.8, 4) is 0 Å². The van der Waals surface area contributed by atoms with Crippen molar-refractivity contribution < 1.29 is 25.8 Å². The molecule has 152 valence electrons. The lowest BCUT2D eigenvalue weighted by Crippen LogP contribution is -2.25. The van der Waals surface area contributed by atoms with Crippen LogP contribution in [0, 0.1) is 0 Å². The van der Waals surface area contributed by atoms with E-state index in [0.717, 1.165) is 51.4 Å². The van der Waals surface area contributed by atoms with Gasteiger partial charge >= 0.3 is 15.6 Å². The zero-order chi connectivity index (χ0) is 19.7. The first-order valence-corrected chi connectivity index (χ1v) is 10.6. The molecule has 0 aliphatic heterocycles. The van der Waals surface area contributed by atoms with Crippen LogP contribution in [0.1, 0.15) is 71.1 Å². The molecular weight excluding hydrogens is 365 g/mol. The molecule has 0 spiro atoms. The zero-order valence-corrected chi connectivity index (χ0v) is 16.3. The molecule has 3 nitrogen and oxygen atoms in total. The second kappa shape index (κ2) is 15.0. The Labute approximate surface area is 156 Å². The number of hydrogen-bond acceptors (Lipinski definition) is 3. The predicted octanol–water partition coefficient (Wildman–Crippen LogP) is 6.44. The summed E-state index contributed by atoms with van der Waals surface area (Å²) >= 11 is 0. The van der Waals surface area contributed by atoms with Gasteiger partial charge in [0, 0.05) is 0 Å². The molecule has 0 atom stereocenters. The van der Waals surface area contributed by atoms with E-state index in [2.05, 4.69) is 47.6 Å². The first kappa shape index (κ1) is 24.9. The summed E-state index contributed by atoms with van der Waals surface area (Å²) in [6.07, 6.45) is 21.9. The molecule has 0 saturated heterocycles. The van der Waals surface area contributed by atoms with Crippen molar-refractivity contribution in [3.05, 3.63) is 36.5 Å². The number of rotatable bonds is 15. The van der Waals surface area contributed by atoms with Crippen molar-refractivity contribution in [2.75, 3.05) is 6.61 Å². The summed E-state index contributed by atoms with van der Waals surface area (Å²) in [6.45, 7) is 1.70. The fourth-order valence-corrected chi connectivity index (χ4v) is 2.60. The fraction of sp³-hybridized carbons (Fsp3) is 0.684. The summed E-state index contributed by atoms with van der Waals surface area (Å²) in [5.74, 6) is 0. The molecule has 0 aliphatic carbocycles. The Kier molecular flexibility index (Phi) is 14.4. The molecule has 0 heterocycles. The van der Waals surface area contributed by atoms with Crippen molar-refractivity contribution in [3.63, 3.8) is 0 Å². The van der Waals surface area contributed by atoms with Crippen LogP contribution in [0.3, 0.4) is 0 Å². The molecule has 0 aromatic rings. The van der Waals surface area contributed by atoms with Crippen LogP contribution < -0.4 is 0 Å². The van der Waals surface area contributed by atoms with E-state index in [1.165, 1.54) is 0 Å². The molecule has 0 aromatic heterocycles. The van der Waals surface area contributed by atoms with Crippen molar-refractivity contribution in [2.45, 2.75) is 76.6 Å². The van der Waals surface area contributed by atoms with Gasteiger partial charge in [-0.2, -0.15) is 21.6 Å². The van der Waals surface area contributed by atoms with Gasteiger partial charge < -0.3 is 0 Å². The third-order valence-corrected chi connectivity index (χ3v) is 4.61. The largest absolute Gasteiger partial charge is 0.523 e. The molecule has 0 bridgehead atoms. The van der Waals surface area contributed by atoms with Crippen LogP contribution in [0.2, 0.25) is 0 Å². The highest BCUT2D eigenvalue weighted by Gasteiger charge is 2.47. The van der Waals surface area contributed by atoms with Gasteiger partial charge in [-0.3, -0.25) is 4.18 Å². The summed E-state index contributed by atoms with van der Waals surface area (Å²) in [6, 6.07) is 0. The summed E-state index contributed by atoms with van der Waals surface area (Å²) in [5.41, 5.74) is -5.33. The highest BCUT2D eigenvalue weighted by molar-refractivity contribution is 7.87. The predicted molar refractivity (Wildman–Crippen MR) is 100 cm³/mol. The maximum Gasteiger partial charge on any atom is 0.523 e. The average molecular weight is 397 g/mol. The normalized spacial score (nSPS) is 13.5.